The van der Waals surface area contributed by atoms with Gasteiger partial charge in [-0.3, -0.25) is 9.59 Å². The first kappa shape index (κ1) is 18.4. The number of carbonyl (C=O) groups excluding carboxylic acids is 2. The maximum atomic E-state index is 12.9. The molecule has 0 saturated heterocycles. The summed E-state index contributed by atoms with van der Waals surface area (Å²) in [5.74, 6) is 0.0316. The number of amides is 1. The Balaban J connectivity index is 2.07. The zero-order valence-corrected chi connectivity index (χ0v) is 14.1. The van der Waals surface area contributed by atoms with E-state index in [-0.39, 0.29) is 11.6 Å². The quantitative estimate of drug-likeness (QED) is 0.739. The summed E-state index contributed by atoms with van der Waals surface area (Å²) >= 11 is 0. The highest BCUT2D eigenvalue weighted by Crippen LogP contribution is 2.25. The summed E-state index contributed by atoms with van der Waals surface area (Å²) in [6, 6.07) is 10.3. The lowest BCUT2D eigenvalue weighted by atomic mass is 10.2. The number of halogens is 1. The van der Waals surface area contributed by atoms with Crippen molar-refractivity contribution in [1.29, 1.82) is 0 Å². The summed E-state index contributed by atoms with van der Waals surface area (Å²) in [4.78, 5) is 23.4. The van der Waals surface area contributed by atoms with Crippen LogP contribution in [0.1, 0.15) is 30.6 Å². The van der Waals surface area contributed by atoms with Gasteiger partial charge in [0.15, 0.2) is 12.4 Å². The van der Waals surface area contributed by atoms with Crippen molar-refractivity contribution in [2.45, 2.75) is 26.4 Å². The summed E-state index contributed by atoms with van der Waals surface area (Å²) in [5, 5.41) is 2.63. The van der Waals surface area contributed by atoms with Gasteiger partial charge in [0.2, 0.25) is 0 Å². The molecule has 5 nitrogen and oxygen atoms in total. The minimum atomic E-state index is -0.856. The van der Waals surface area contributed by atoms with E-state index in [2.05, 4.69) is 5.32 Å². The van der Waals surface area contributed by atoms with Crippen molar-refractivity contribution < 1.29 is 23.5 Å². The van der Waals surface area contributed by atoms with Gasteiger partial charge in [-0.1, -0.05) is 6.92 Å². The van der Waals surface area contributed by atoms with Gasteiger partial charge < -0.3 is 14.8 Å². The molecule has 0 aliphatic heterocycles. The molecule has 0 spiro atoms. The standard InChI is InChI=1S/C19H20FNO4/c1-3-10-24-17-9-4-14(12-22)18(11-17)25-13(2)19(23)21-16-7-5-15(20)6-8-16/h4-9,11-13H,3,10H2,1-2H3,(H,21,23)/t13-/m1/s1. The molecule has 0 bridgehead atoms. The van der Waals surface area contributed by atoms with E-state index in [0.29, 0.717) is 29.9 Å². The van der Waals surface area contributed by atoms with Gasteiger partial charge in [-0.2, -0.15) is 0 Å². The number of carbonyl (C=O) groups is 2. The van der Waals surface area contributed by atoms with Crippen LogP contribution in [0.5, 0.6) is 11.5 Å². The Labute approximate surface area is 145 Å². The van der Waals surface area contributed by atoms with Crippen LogP contribution in [0.2, 0.25) is 0 Å². The Hall–Kier alpha value is -2.89. The molecule has 0 radical (unpaired) electrons. The molecule has 1 N–H and O–H groups in total. The summed E-state index contributed by atoms with van der Waals surface area (Å²) in [6.45, 7) is 4.09. The van der Waals surface area contributed by atoms with Crippen molar-refractivity contribution >= 4 is 17.9 Å². The molecule has 0 unspecified atom stereocenters. The molecule has 2 rings (SSSR count). The van der Waals surface area contributed by atoms with E-state index >= 15 is 0 Å². The van der Waals surface area contributed by atoms with Crippen LogP contribution in [-0.4, -0.2) is 24.9 Å². The predicted molar refractivity (Wildman–Crippen MR) is 92.7 cm³/mol. The van der Waals surface area contributed by atoms with Crippen LogP contribution in [0, 0.1) is 5.82 Å². The molecular formula is C19H20FNO4. The fourth-order valence-corrected chi connectivity index (χ4v) is 2.04. The lowest BCUT2D eigenvalue weighted by Crippen LogP contribution is -2.30. The minimum Gasteiger partial charge on any atom is -0.493 e. The van der Waals surface area contributed by atoms with E-state index in [0.717, 1.165) is 6.42 Å². The van der Waals surface area contributed by atoms with E-state index in [1.54, 1.807) is 25.1 Å². The van der Waals surface area contributed by atoms with E-state index in [4.69, 9.17) is 9.47 Å². The topological polar surface area (TPSA) is 64.6 Å². The third-order valence-corrected chi connectivity index (χ3v) is 3.37. The van der Waals surface area contributed by atoms with Gasteiger partial charge in [-0.15, -0.1) is 0 Å². The molecular weight excluding hydrogens is 325 g/mol. The molecule has 0 aliphatic rings. The number of hydrogen-bond donors (Lipinski definition) is 1. The molecule has 25 heavy (non-hydrogen) atoms. The molecule has 1 amide bonds. The Morgan fingerprint density at radius 2 is 1.96 bits per heavy atom. The Kier molecular flexibility index (Phi) is 6.51. The number of nitrogens with one attached hydrogen (secondary N) is 1. The molecule has 0 fully saturated rings. The first-order valence-corrected chi connectivity index (χ1v) is 7.98. The molecule has 0 aliphatic carbocycles. The van der Waals surface area contributed by atoms with E-state index in [9.17, 15) is 14.0 Å². The highest BCUT2D eigenvalue weighted by molar-refractivity contribution is 5.94. The fourth-order valence-electron chi connectivity index (χ4n) is 2.04. The van der Waals surface area contributed by atoms with Crippen LogP contribution < -0.4 is 14.8 Å². The monoisotopic (exact) mass is 345 g/mol. The average Bonchev–Trinajstić information content (AvgIpc) is 2.62. The zero-order chi connectivity index (χ0) is 18.2. The highest BCUT2D eigenvalue weighted by atomic mass is 19.1. The summed E-state index contributed by atoms with van der Waals surface area (Å²) in [7, 11) is 0. The first-order valence-electron chi connectivity index (χ1n) is 7.98. The molecule has 6 heteroatoms. The molecule has 0 heterocycles. The van der Waals surface area contributed by atoms with Crippen LogP contribution in [-0.2, 0) is 4.79 Å². The van der Waals surface area contributed by atoms with Gasteiger partial charge >= 0.3 is 0 Å². The van der Waals surface area contributed by atoms with Crippen LogP contribution in [0.4, 0.5) is 10.1 Å². The lowest BCUT2D eigenvalue weighted by Gasteiger charge is -2.17. The smallest absolute Gasteiger partial charge is 0.265 e. The van der Waals surface area contributed by atoms with Gasteiger partial charge in [0, 0.05) is 11.8 Å². The van der Waals surface area contributed by atoms with E-state index in [1.165, 1.54) is 24.3 Å². The highest BCUT2D eigenvalue weighted by Gasteiger charge is 2.17. The summed E-state index contributed by atoms with van der Waals surface area (Å²) in [5.41, 5.74) is 0.780. The van der Waals surface area contributed by atoms with Crippen molar-refractivity contribution in [3.8, 4) is 11.5 Å². The second kappa shape index (κ2) is 8.82. The van der Waals surface area contributed by atoms with Crippen molar-refractivity contribution in [2.24, 2.45) is 0 Å². The Bertz CT molecular complexity index is 731. The number of aldehydes is 1. The summed E-state index contributed by atoms with van der Waals surface area (Å²) < 4.78 is 24.0. The van der Waals surface area contributed by atoms with Gasteiger partial charge in [0.05, 0.1) is 12.2 Å². The number of rotatable bonds is 8. The number of anilines is 1. The third kappa shape index (κ3) is 5.31. The molecule has 0 saturated carbocycles. The largest absolute Gasteiger partial charge is 0.493 e. The van der Waals surface area contributed by atoms with E-state index < -0.39 is 12.0 Å². The maximum absolute atomic E-state index is 12.9. The van der Waals surface area contributed by atoms with Gasteiger partial charge in [-0.25, -0.2) is 4.39 Å². The number of benzene rings is 2. The molecule has 0 aromatic heterocycles. The first-order chi connectivity index (χ1) is 12.0. The minimum absolute atomic E-state index is 0.269. The molecule has 2 aromatic rings. The van der Waals surface area contributed by atoms with Gasteiger partial charge in [0.1, 0.15) is 17.3 Å². The molecule has 2 aromatic carbocycles. The molecule has 1 atom stereocenters. The van der Waals surface area contributed by atoms with Crippen molar-refractivity contribution in [1.82, 2.24) is 0 Å². The number of hydrogen-bond acceptors (Lipinski definition) is 4. The Morgan fingerprint density at radius 3 is 2.60 bits per heavy atom. The number of ether oxygens (including phenoxy) is 2. The van der Waals surface area contributed by atoms with Crippen LogP contribution in [0.3, 0.4) is 0 Å². The summed E-state index contributed by atoms with van der Waals surface area (Å²) in [6.07, 6.45) is 0.649. The lowest BCUT2D eigenvalue weighted by molar-refractivity contribution is -0.122. The van der Waals surface area contributed by atoms with E-state index in [1.807, 2.05) is 6.92 Å². The fraction of sp³-hybridized carbons (Fsp3) is 0.263. The van der Waals surface area contributed by atoms with Gasteiger partial charge in [-0.05, 0) is 49.7 Å². The van der Waals surface area contributed by atoms with Crippen LogP contribution in [0.15, 0.2) is 42.5 Å². The Morgan fingerprint density at radius 1 is 1.24 bits per heavy atom. The maximum Gasteiger partial charge on any atom is 0.265 e. The third-order valence-electron chi connectivity index (χ3n) is 3.37. The van der Waals surface area contributed by atoms with Crippen molar-refractivity contribution in [3.05, 3.63) is 53.8 Å². The van der Waals surface area contributed by atoms with Gasteiger partial charge in [0.25, 0.3) is 5.91 Å². The zero-order valence-electron chi connectivity index (χ0n) is 14.1. The second-order valence-corrected chi connectivity index (χ2v) is 5.42. The van der Waals surface area contributed by atoms with Crippen LogP contribution in [0.25, 0.3) is 0 Å². The normalized spacial score (nSPS) is 11.5. The van der Waals surface area contributed by atoms with Crippen LogP contribution >= 0.6 is 0 Å². The average molecular weight is 345 g/mol. The predicted octanol–water partition coefficient (Wildman–Crippen LogP) is 3.83. The SMILES string of the molecule is CCCOc1ccc(C=O)c(O[C@H](C)C(=O)Nc2ccc(F)cc2)c1. The molecule has 132 valence electrons. The van der Waals surface area contributed by atoms with Crippen molar-refractivity contribution in [3.63, 3.8) is 0 Å². The second-order valence-electron chi connectivity index (χ2n) is 5.42. The van der Waals surface area contributed by atoms with Crippen molar-refractivity contribution in [2.75, 3.05) is 11.9 Å².